The number of benzene rings is 2. The summed E-state index contributed by atoms with van der Waals surface area (Å²) in [4.78, 5) is 22.4. The normalized spacial score (nSPS) is 10.9. The number of anilines is 2. The standard InChI is InChI=1S/C21H14Cl3N3O2S/c1-11-16-19(27-17-14(23)7-13(22)8-15(17)24)25-10-26-20(16)30-18(11)21(28)29-9-12-5-3-2-4-6-12/h2-8,10H,9H2,1H3,(H,25,26,27). The number of ether oxygens (including phenoxy) is 1. The number of carbonyl (C=O) groups excluding carboxylic acids is 1. The zero-order chi connectivity index (χ0) is 21.3. The summed E-state index contributed by atoms with van der Waals surface area (Å²) >= 11 is 19.8. The molecule has 0 aliphatic rings. The lowest BCUT2D eigenvalue weighted by molar-refractivity contribution is 0.0478. The highest BCUT2D eigenvalue weighted by atomic mass is 35.5. The van der Waals surface area contributed by atoms with Crippen molar-refractivity contribution in [1.29, 1.82) is 0 Å². The Labute approximate surface area is 191 Å². The smallest absolute Gasteiger partial charge is 0.349 e. The van der Waals surface area contributed by atoms with Gasteiger partial charge >= 0.3 is 5.97 Å². The van der Waals surface area contributed by atoms with Crippen LogP contribution in [0.4, 0.5) is 11.5 Å². The summed E-state index contributed by atoms with van der Waals surface area (Å²) in [6.07, 6.45) is 1.41. The van der Waals surface area contributed by atoms with Crippen molar-refractivity contribution in [3.8, 4) is 0 Å². The molecule has 152 valence electrons. The van der Waals surface area contributed by atoms with Gasteiger partial charge < -0.3 is 10.1 Å². The highest BCUT2D eigenvalue weighted by Gasteiger charge is 2.21. The van der Waals surface area contributed by atoms with Gasteiger partial charge in [-0.15, -0.1) is 11.3 Å². The van der Waals surface area contributed by atoms with Crippen molar-refractivity contribution in [3.05, 3.63) is 79.9 Å². The number of fused-ring (bicyclic) bond motifs is 1. The van der Waals surface area contributed by atoms with Crippen LogP contribution in [-0.2, 0) is 11.3 Å². The lowest BCUT2D eigenvalue weighted by Crippen LogP contribution is -2.04. The molecule has 9 heteroatoms. The maximum absolute atomic E-state index is 12.7. The predicted molar refractivity (Wildman–Crippen MR) is 122 cm³/mol. The van der Waals surface area contributed by atoms with Crippen molar-refractivity contribution in [2.45, 2.75) is 13.5 Å². The molecule has 0 aliphatic carbocycles. The van der Waals surface area contributed by atoms with Crippen molar-refractivity contribution in [1.82, 2.24) is 9.97 Å². The third-order valence-corrected chi connectivity index (χ3v) is 6.37. The molecule has 0 aliphatic heterocycles. The molecule has 5 nitrogen and oxygen atoms in total. The van der Waals surface area contributed by atoms with Crippen LogP contribution in [0, 0.1) is 6.92 Å². The van der Waals surface area contributed by atoms with Crippen molar-refractivity contribution in [3.63, 3.8) is 0 Å². The Morgan fingerprint density at radius 3 is 2.50 bits per heavy atom. The summed E-state index contributed by atoms with van der Waals surface area (Å²) in [5, 5.41) is 4.99. The number of halogens is 3. The van der Waals surface area contributed by atoms with Gasteiger partial charge in [-0.25, -0.2) is 14.8 Å². The summed E-state index contributed by atoms with van der Waals surface area (Å²) in [5.74, 6) is 0.0786. The molecule has 0 bridgehead atoms. The molecule has 0 atom stereocenters. The van der Waals surface area contributed by atoms with Gasteiger partial charge in [0.25, 0.3) is 0 Å². The Kier molecular flexibility index (Phi) is 6.11. The molecule has 0 saturated heterocycles. The molecule has 4 aromatic rings. The van der Waals surface area contributed by atoms with Crippen LogP contribution in [0.2, 0.25) is 15.1 Å². The Morgan fingerprint density at radius 2 is 1.80 bits per heavy atom. The molecule has 0 fully saturated rings. The SMILES string of the molecule is Cc1c(C(=O)OCc2ccccc2)sc2ncnc(Nc3c(Cl)cc(Cl)cc3Cl)c12. The van der Waals surface area contributed by atoms with E-state index in [9.17, 15) is 4.79 Å². The van der Waals surface area contributed by atoms with Gasteiger partial charge in [0.05, 0.1) is 21.1 Å². The number of thiophene rings is 1. The maximum atomic E-state index is 12.7. The third kappa shape index (κ3) is 4.23. The average Bonchev–Trinajstić information content (AvgIpc) is 3.07. The van der Waals surface area contributed by atoms with Crippen LogP contribution in [0.5, 0.6) is 0 Å². The number of esters is 1. The lowest BCUT2D eigenvalue weighted by atomic mass is 10.2. The number of nitrogens with zero attached hydrogens (tertiary/aromatic N) is 2. The number of hydrogen-bond acceptors (Lipinski definition) is 6. The second kappa shape index (κ2) is 8.78. The van der Waals surface area contributed by atoms with E-state index < -0.39 is 5.97 Å². The van der Waals surface area contributed by atoms with E-state index >= 15 is 0 Å². The largest absolute Gasteiger partial charge is 0.457 e. The topological polar surface area (TPSA) is 64.1 Å². The molecule has 0 radical (unpaired) electrons. The zero-order valence-corrected chi connectivity index (χ0v) is 18.7. The average molecular weight is 479 g/mol. The molecular weight excluding hydrogens is 465 g/mol. The highest BCUT2D eigenvalue weighted by Crippen LogP contribution is 2.39. The van der Waals surface area contributed by atoms with E-state index in [0.717, 1.165) is 11.1 Å². The molecule has 2 aromatic heterocycles. The number of aromatic nitrogens is 2. The molecule has 0 amide bonds. The lowest BCUT2D eigenvalue weighted by Gasteiger charge is -2.11. The molecular formula is C21H14Cl3N3O2S. The minimum absolute atomic E-state index is 0.195. The molecule has 30 heavy (non-hydrogen) atoms. The van der Waals surface area contributed by atoms with Crippen molar-refractivity contribution < 1.29 is 9.53 Å². The number of rotatable bonds is 5. The molecule has 0 spiro atoms. The van der Waals surface area contributed by atoms with Crippen LogP contribution in [0.25, 0.3) is 10.2 Å². The van der Waals surface area contributed by atoms with Gasteiger partial charge in [0.15, 0.2) is 0 Å². The summed E-state index contributed by atoms with van der Waals surface area (Å²) in [5.41, 5.74) is 2.11. The second-order valence-corrected chi connectivity index (χ2v) is 8.64. The van der Waals surface area contributed by atoms with E-state index in [0.29, 0.717) is 41.7 Å². The second-order valence-electron chi connectivity index (χ2n) is 6.39. The van der Waals surface area contributed by atoms with Crippen molar-refractivity contribution >= 4 is 73.8 Å². The van der Waals surface area contributed by atoms with Gasteiger partial charge in [0, 0.05) is 5.02 Å². The van der Waals surface area contributed by atoms with Gasteiger partial charge in [0.2, 0.25) is 0 Å². The summed E-state index contributed by atoms with van der Waals surface area (Å²) < 4.78 is 5.48. The van der Waals surface area contributed by atoms with Crippen LogP contribution in [0.15, 0.2) is 48.8 Å². The molecule has 0 saturated carbocycles. The van der Waals surface area contributed by atoms with E-state index in [1.54, 1.807) is 12.1 Å². The van der Waals surface area contributed by atoms with Gasteiger partial charge in [-0.05, 0) is 30.2 Å². The molecule has 1 N–H and O–H groups in total. The van der Waals surface area contributed by atoms with E-state index in [4.69, 9.17) is 39.5 Å². The third-order valence-electron chi connectivity index (χ3n) is 4.38. The van der Waals surface area contributed by atoms with E-state index in [-0.39, 0.29) is 6.61 Å². The van der Waals surface area contributed by atoms with E-state index in [1.165, 1.54) is 17.7 Å². The summed E-state index contributed by atoms with van der Waals surface area (Å²) in [6, 6.07) is 12.7. The van der Waals surface area contributed by atoms with Crippen LogP contribution in [0.3, 0.4) is 0 Å². The Bertz CT molecular complexity index is 1220. The Balaban J connectivity index is 1.66. The Morgan fingerprint density at radius 1 is 1.10 bits per heavy atom. The summed E-state index contributed by atoms with van der Waals surface area (Å²) in [7, 11) is 0. The zero-order valence-electron chi connectivity index (χ0n) is 15.6. The van der Waals surface area contributed by atoms with E-state index in [2.05, 4.69) is 15.3 Å². The van der Waals surface area contributed by atoms with E-state index in [1.807, 2.05) is 37.3 Å². The highest BCUT2D eigenvalue weighted by molar-refractivity contribution is 7.20. The van der Waals surface area contributed by atoms with Crippen LogP contribution < -0.4 is 5.32 Å². The number of carbonyl (C=O) groups is 1. The van der Waals surface area contributed by atoms with Gasteiger partial charge in [-0.2, -0.15) is 0 Å². The first-order valence-electron chi connectivity index (χ1n) is 8.80. The number of hydrogen-bond donors (Lipinski definition) is 1. The number of nitrogens with one attached hydrogen (secondary N) is 1. The minimum Gasteiger partial charge on any atom is -0.457 e. The van der Waals surface area contributed by atoms with Crippen LogP contribution >= 0.6 is 46.1 Å². The van der Waals surface area contributed by atoms with Crippen molar-refractivity contribution in [2.24, 2.45) is 0 Å². The monoisotopic (exact) mass is 477 g/mol. The number of aryl methyl sites for hydroxylation is 1. The molecule has 4 rings (SSSR count). The van der Waals surface area contributed by atoms with Crippen LogP contribution in [-0.4, -0.2) is 15.9 Å². The first-order valence-corrected chi connectivity index (χ1v) is 10.8. The van der Waals surface area contributed by atoms with Gasteiger partial charge in [-0.1, -0.05) is 65.1 Å². The molecule has 2 aromatic carbocycles. The quantitative estimate of drug-likeness (QED) is 0.311. The minimum atomic E-state index is -0.409. The molecule has 2 heterocycles. The van der Waals surface area contributed by atoms with Gasteiger partial charge in [0.1, 0.15) is 28.5 Å². The van der Waals surface area contributed by atoms with Crippen LogP contribution in [0.1, 0.15) is 20.8 Å². The Hall–Kier alpha value is -2.38. The first-order chi connectivity index (χ1) is 14.4. The maximum Gasteiger partial charge on any atom is 0.349 e. The first kappa shape index (κ1) is 20.9. The fraction of sp³-hybridized carbons (Fsp3) is 0.0952. The fourth-order valence-corrected chi connectivity index (χ4v) is 4.88. The van der Waals surface area contributed by atoms with Gasteiger partial charge in [-0.3, -0.25) is 0 Å². The fourth-order valence-electron chi connectivity index (χ4n) is 2.93. The molecule has 0 unspecified atom stereocenters. The summed E-state index contributed by atoms with van der Waals surface area (Å²) in [6.45, 7) is 2.03. The van der Waals surface area contributed by atoms with Crippen molar-refractivity contribution in [2.75, 3.05) is 5.32 Å². The predicted octanol–water partition coefficient (Wildman–Crippen LogP) is 7.06.